The van der Waals surface area contributed by atoms with Crippen molar-refractivity contribution < 1.29 is 8.42 Å². The minimum atomic E-state index is -2.76. The molecular formula is C12H23NO2S. The molecule has 1 saturated heterocycles. The summed E-state index contributed by atoms with van der Waals surface area (Å²) in [6.45, 7) is 3.32. The van der Waals surface area contributed by atoms with Crippen LogP contribution in [0.2, 0.25) is 0 Å². The summed E-state index contributed by atoms with van der Waals surface area (Å²) < 4.78 is 23.0. The number of nitrogens with one attached hydrogen (secondary N) is 1. The maximum absolute atomic E-state index is 11.5. The molecule has 0 amide bonds. The summed E-state index contributed by atoms with van der Waals surface area (Å²) in [7, 11) is -2.76. The third kappa shape index (κ3) is 3.20. The zero-order valence-electron chi connectivity index (χ0n) is 10.2. The third-order valence-corrected chi connectivity index (χ3v) is 5.91. The van der Waals surface area contributed by atoms with Crippen molar-refractivity contribution in [1.29, 1.82) is 0 Å². The van der Waals surface area contributed by atoms with Gasteiger partial charge in [-0.2, -0.15) is 0 Å². The van der Waals surface area contributed by atoms with Crippen molar-refractivity contribution in [3.63, 3.8) is 0 Å². The van der Waals surface area contributed by atoms with Crippen LogP contribution < -0.4 is 5.32 Å². The standard InChI is InChI=1S/C12H23NO2S/c1-12(6-2-3-7-12)10-13-11-5-4-8-16(14,15)9-11/h11,13H,2-10H2,1H3. The number of rotatable bonds is 3. The van der Waals surface area contributed by atoms with Crippen LogP contribution in [0.15, 0.2) is 0 Å². The molecule has 2 rings (SSSR count). The molecule has 1 aliphatic carbocycles. The molecular weight excluding hydrogens is 222 g/mol. The van der Waals surface area contributed by atoms with Gasteiger partial charge in [-0.05, 0) is 31.1 Å². The number of hydrogen-bond acceptors (Lipinski definition) is 3. The van der Waals surface area contributed by atoms with E-state index in [1.807, 2.05) is 0 Å². The zero-order valence-corrected chi connectivity index (χ0v) is 11.0. The molecule has 1 saturated carbocycles. The third-order valence-electron chi connectivity index (χ3n) is 4.09. The van der Waals surface area contributed by atoms with Gasteiger partial charge in [0.25, 0.3) is 0 Å². The monoisotopic (exact) mass is 245 g/mol. The van der Waals surface area contributed by atoms with E-state index in [4.69, 9.17) is 0 Å². The van der Waals surface area contributed by atoms with Crippen molar-refractivity contribution >= 4 is 9.84 Å². The van der Waals surface area contributed by atoms with Gasteiger partial charge in [0.1, 0.15) is 0 Å². The molecule has 16 heavy (non-hydrogen) atoms. The lowest BCUT2D eigenvalue weighted by molar-refractivity contribution is 0.295. The molecule has 1 N–H and O–H groups in total. The van der Waals surface area contributed by atoms with E-state index in [-0.39, 0.29) is 6.04 Å². The quantitative estimate of drug-likeness (QED) is 0.823. The van der Waals surface area contributed by atoms with Crippen molar-refractivity contribution in [2.24, 2.45) is 5.41 Å². The second-order valence-corrected chi connectivity index (χ2v) is 8.08. The molecule has 2 fully saturated rings. The highest BCUT2D eigenvalue weighted by Crippen LogP contribution is 2.36. The molecule has 1 heterocycles. The Morgan fingerprint density at radius 2 is 1.94 bits per heavy atom. The van der Waals surface area contributed by atoms with Gasteiger partial charge in [-0.15, -0.1) is 0 Å². The lowest BCUT2D eigenvalue weighted by Crippen LogP contribution is -2.44. The number of sulfone groups is 1. The van der Waals surface area contributed by atoms with Crippen LogP contribution in [0.1, 0.15) is 45.4 Å². The van der Waals surface area contributed by atoms with E-state index >= 15 is 0 Å². The van der Waals surface area contributed by atoms with Gasteiger partial charge < -0.3 is 5.32 Å². The Morgan fingerprint density at radius 1 is 1.25 bits per heavy atom. The van der Waals surface area contributed by atoms with Crippen LogP contribution >= 0.6 is 0 Å². The fourth-order valence-electron chi connectivity index (χ4n) is 2.98. The van der Waals surface area contributed by atoms with Crippen molar-refractivity contribution in [3.8, 4) is 0 Å². The highest BCUT2D eigenvalue weighted by Gasteiger charge is 2.31. The molecule has 94 valence electrons. The van der Waals surface area contributed by atoms with Crippen LogP contribution in [-0.2, 0) is 9.84 Å². The van der Waals surface area contributed by atoms with E-state index < -0.39 is 9.84 Å². The van der Waals surface area contributed by atoms with Gasteiger partial charge in [-0.25, -0.2) is 8.42 Å². The number of hydrogen-bond donors (Lipinski definition) is 1. The van der Waals surface area contributed by atoms with Crippen LogP contribution in [-0.4, -0.2) is 32.5 Å². The van der Waals surface area contributed by atoms with Gasteiger partial charge in [0.05, 0.1) is 11.5 Å². The summed E-state index contributed by atoms with van der Waals surface area (Å²) >= 11 is 0. The Hall–Kier alpha value is -0.0900. The first-order chi connectivity index (χ1) is 7.49. The Balaban J connectivity index is 1.81. The predicted molar refractivity (Wildman–Crippen MR) is 66.3 cm³/mol. The molecule has 4 heteroatoms. The van der Waals surface area contributed by atoms with E-state index in [2.05, 4.69) is 12.2 Å². The summed E-state index contributed by atoms with van der Waals surface area (Å²) in [4.78, 5) is 0. The van der Waals surface area contributed by atoms with Crippen molar-refractivity contribution in [2.45, 2.75) is 51.5 Å². The van der Waals surface area contributed by atoms with E-state index in [1.54, 1.807) is 0 Å². The Kier molecular flexibility index (Phi) is 3.59. The van der Waals surface area contributed by atoms with Crippen LogP contribution in [0.4, 0.5) is 0 Å². The van der Waals surface area contributed by atoms with Gasteiger partial charge in [-0.3, -0.25) is 0 Å². The lowest BCUT2D eigenvalue weighted by atomic mass is 9.88. The van der Waals surface area contributed by atoms with E-state index in [1.165, 1.54) is 25.7 Å². The topological polar surface area (TPSA) is 46.2 Å². The van der Waals surface area contributed by atoms with Gasteiger partial charge in [0, 0.05) is 12.6 Å². The van der Waals surface area contributed by atoms with Crippen LogP contribution in [0.3, 0.4) is 0 Å². The SMILES string of the molecule is CC1(CNC2CCCS(=O)(=O)C2)CCCC1. The zero-order chi connectivity index (χ0) is 11.6. The van der Waals surface area contributed by atoms with Crippen LogP contribution in [0.5, 0.6) is 0 Å². The Bertz CT molecular complexity index is 331. The smallest absolute Gasteiger partial charge is 0.151 e. The fraction of sp³-hybridized carbons (Fsp3) is 1.00. The summed E-state index contributed by atoms with van der Waals surface area (Å²) in [5, 5.41) is 3.48. The van der Waals surface area contributed by atoms with Crippen molar-refractivity contribution in [1.82, 2.24) is 5.32 Å². The molecule has 0 spiro atoms. The normalized spacial score (nSPS) is 32.7. The highest BCUT2D eigenvalue weighted by molar-refractivity contribution is 7.91. The second-order valence-electron chi connectivity index (χ2n) is 5.85. The minimum Gasteiger partial charge on any atom is -0.312 e. The van der Waals surface area contributed by atoms with Crippen LogP contribution in [0, 0.1) is 5.41 Å². The van der Waals surface area contributed by atoms with Crippen molar-refractivity contribution in [2.75, 3.05) is 18.1 Å². The fourth-order valence-corrected chi connectivity index (χ4v) is 4.65. The van der Waals surface area contributed by atoms with Crippen molar-refractivity contribution in [3.05, 3.63) is 0 Å². The van der Waals surface area contributed by atoms with Gasteiger partial charge in [-0.1, -0.05) is 19.8 Å². The summed E-state index contributed by atoms with van der Waals surface area (Å²) in [5.74, 6) is 0.742. The van der Waals surface area contributed by atoms with Gasteiger partial charge in [0.2, 0.25) is 0 Å². The molecule has 0 aromatic heterocycles. The molecule has 0 radical (unpaired) electrons. The van der Waals surface area contributed by atoms with E-state index in [0.717, 1.165) is 19.4 Å². The second kappa shape index (κ2) is 4.65. The Labute approximate surface area is 98.9 Å². The highest BCUT2D eigenvalue weighted by atomic mass is 32.2. The maximum atomic E-state index is 11.5. The summed E-state index contributed by atoms with van der Waals surface area (Å²) in [6, 6.07) is 0.205. The van der Waals surface area contributed by atoms with E-state index in [9.17, 15) is 8.42 Å². The summed E-state index contributed by atoms with van der Waals surface area (Å²) in [5.41, 5.74) is 0.418. The largest absolute Gasteiger partial charge is 0.312 e. The minimum absolute atomic E-state index is 0.205. The lowest BCUT2D eigenvalue weighted by Gasteiger charge is -2.29. The molecule has 0 bridgehead atoms. The first-order valence-electron chi connectivity index (χ1n) is 6.43. The first kappa shape index (κ1) is 12.4. The van der Waals surface area contributed by atoms with Gasteiger partial charge >= 0.3 is 0 Å². The van der Waals surface area contributed by atoms with E-state index in [0.29, 0.717) is 16.9 Å². The molecule has 3 nitrogen and oxygen atoms in total. The molecule has 1 atom stereocenters. The maximum Gasteiger partial charge on any atom is 0.151 e. The molecule has 1 aliphatic heterocycles. The van der Waals surface area contributed by atoms with Gasteiger partial charge in [0.15, 0.2) is 9.84 Å². The average molecular weight is 245 g/mol. The molecule has 1 unspecified atom stereocenters. The molecule has 0 aromatic carbocycles. The molecule has 0 aromatic rings. The summed E-state index contributed by atoms with van der Waals surface area (Å²) in [6.07, 6.45) is 7.10. The average Bonchev–Trinajstić information content (AvgIpc) is 2.62. The molecule has 2 aliphatic rings. The Morgan fingerprint density at radius 3 is 2.56 bits per heavy atom. The predicted octanol–water partition coefficient (Wildman–Crippen LogP) is 1.73. The van der Waals surface area contributed by atoms with Crippen LogP contribution in [0.25, 0.3) is 0 Å². The first-order valence-corrected chi connectivity index (χ1v) is 8.25.